The van der Waals surface area contributed by atoms with Gasteiger partial charge in [-0.1, -0.05) is 70.1 Å². The van der Waals surface area contributed by atoms with Crippen molar-refractivity contribution in [1.82, 2.24) is 0 Å². The van der Waals surface area contributed by atoms with Crippen molar-refractivity contribution in [3.63, 3.8) is 0 Å². The van der Waals surface area contributed by atoms with Gasteiger partial charge in [-0.05, 0) is 99.7 Å². The van der Waals surface area contributed by atoms with Crippen LogP contribution in [0.25, 0.3) is 0 Å². The second-order valence-corrected chi connectivity index (χ2v) is 10.6. The fourth-order valence-corrected chi connectivity index (χ4v) is 6.58. The van der Waals surface area contributed by atoms with Crippen molar-refractivity contribution >= 4 is 0 Å². The van der Waals surface area contributed by atoms with Crippen LogP contribution >= 0.6 is 0 Å². The van der Waals surface area contributed by atoms with Crippen molar-refractivity contribution in [3.05, 3.63) is 24.8 Å². The summed E-state index contributed by atoms with van der Waals surface area (Å²) in [5, 5.41) is 0. The second-order valence-electron chi connectivity index (χ2n) is 10.6. The zero-order valence-corrected chi connectivity index (χ0v) is 18.9. The normalized spacial score (nSPS) is 37.2. The summed E-state index contributed by atoms with van der Waals surface area (Å²) in [4.78, 5) is 0. The minimum Gasteiger partial charge on any atom is -0.103 e. The van der Waals surface area contributed by atoms with E-state index < -0.39 is 0 Å². The summed E-state index contributed by atoms with van der Waals surface area (Å²) in [6.07, 6.45) is 32.3. The molecule has 0 heteroatoms. The van der Waals surface area contributed by atoms with Gasteiger partial charge in [0.1, 0.15) is 0 Å². The highest BCUT2D eigenvalue weighted by Crippen LogP contribution is 2.43. The van der Waals surface area contributed by atoms with Crippen molar-refractivity contribution in [3.8, 4) is 0 Å². The lowest BCUT2D eigenvalue weighted by molar-refractivity contribution is 0.141. The summed E-state index contributed by atoms with van der Waals surface area (Å²) < 4.78 is 0. The van der Waals surface area contributed by atoms with E-state index in [2.05, 4.69) is 31.7 Å². The Kier molecular flexibility index (Phi) is 9.69. The predicted octanol–water partition coefficient (Wildman–Crippen LogP) is 9.12. The van der Waals surface area contributed by atoms with Gasteiger partial charge < -0.3 is 0 Å². The molecule has 0 bridgehead atoms. The molecule has 0 aromatic rings. The van der Waals surface area contributed by atoms with Crippen molar-refractivity contribution in [2.45, 2.75) is 116 Å². The second kappa shape index (κ2) is 12.2. The molecule has 0 radical (unpaired) electrons. The maximum absolute atomic E-state index is 3.97. The van der Waals surface area contributed by atoms with E-state index in [9.17, 15) is 0 Å². The van der Waals surface area contributed by atoms with Crippen LogP contribution in [0.3, 0.4) is 0 Å². The summed E-state index contributed by atoms with van der Waals surface area (Å²) in [5.41, 5.74) is 0. The van der Waals surface area contributed by atoms with Gasteiger partial charge in [0.25, 0.3) is 0 Å². The molecule has 0 amide bonds. The third-order valence-electron chi connectivity index (χ3n) is 8.72. The third kappa shape index (κ3) is 7.07. The van der Waals surface area contributed by atoms with Gasteiger partial charge >= 0.3 is 0 Å². The van der Waals surface area contributed by atoms with Crippen molar-refractivity contribution in [2.24, 2.45) is 35.5 Å². The van der Waals surface area contributed by atoms with Crippen LogP contribution in [0.1, 0.15) is 116 Å². The van der Waals surface area contributed by atoms with Crippen LogP contribution in [0.2, 0.25) is 0 Å². The lowest BCUT2D eigenvalue weighted by Gasteiger charge is -2.38. The van der Waals surface area contributed by atoms with Gasteiger partial charge in [-0.25, -0.2) is 0 Å². The van der Waals surface area contributed by atoms with Gasteiger partial charge in [-0.2, -0.15) is 0 Å². The molecule has 0 spiro atoms. The minimum absolute atomic E-state index is 0.797. The molecule has 3 saturated carbocycles. The van der Waals surface area contributed by atoms with Crippen LogP contribution in [-0.4, -0.2) is 0 Å². The number of rotatable bonds is 9. The molecular formula is C28H48. The first kappa shape index (κ1) is 22.2. The van der Waals surface area contributed by atoms with Crippen LogP contribution < -0.4 is 0 Å². The quantitative estimate of drug-likeness (QED) is 0.348. The Labute approximate surface area is 176 Å². The molecule has 0 aromatic carbocycles. The van der Waals surface area contributed by atoms with E-state index >= 15 is 0 Å². The van der Waals surface area contributed by atoms with Crippen molar-refractivity contribution in [2.75, 3.05) is 0 Å². The Morgan fingerprint density at radius 2 is 1.21 bits per heavy atom. The maximum Gasteiger partial charge on any atom is -0.0233 e. The molecule has 3 aliphatic carbocycles. The summed E-state index contributed by atoms with van der Waals surface area (Å²) in [6, 6.07) is 0. The van der Waals surface area contributed by atoms with E-state index in [1.54, 1.807) is 38.5 Å². The van der Waals surface area contributed by atoms with Crippen LogP contribution in [-0.2, 0) is 0 Å². The molecule has 0 saturated heterocycles. The Morgan fingerprint density at radius 1 is 0.679 bits per heavy atom. The van der Waals surface area contributed by atoms with Gasteiger partial charge in [0.15, 0.2) is 0 Å². The molecule has 3 rings (SSSR count). The predicted molar refractivity (Wildman–Crippen MR) is 124 cm³/mol. The number of hydrogen-bond donors (Lipinski definition) is 0. The van der Waals surface area contributed by atoms with Crippen LogP contribution in [0.5, 0.6) is 0 Å². The first-order valence-electron chi connectivity index (χ1n) is 13.1. The number of hydrogen-bond acceptors (Lipinski definition) is 0. The molecule has 0 N–H and O–H groups in total. The smallest absolute Gasteiger partial charge is 0.0233 e. The van der Waals surface area contributed by atoms with Gasteiger partial charge in [0, 0.05) is 0 Å². The van der Waals surface area contributed by atoms with Crippen molar-refractivity contribution < 1.29 is 0 Å². The van der Waals surface area contributed by atoms with Crippen LogP contribution in [0, 0.1) is 35.5 Å². The topological polar surface area (TPSA) is 0 Å². The highest BCUT2D eigenvalue weighted by molar-refractivity contribution is 4.94. The Bertz CT molecular complexity index is 437. The Hall–Kier alpha value is -0.520. The van der Waals surface area contributed by atoms with Gasteiger partial charge in [-0.3, -0.25) is 0 Å². The van der Waals surface area contributed by atoms with E-state index in [4.69, 9.17) is 0 Å². The fraction of sp³-hybridized carbons (Fsp3) is 0.857. The first-order valence-corrected chi connectivity index (χ1v) is 13.1. The average Bonchev–Trinajstić information content (AvgIpc) is 2.76. The van der Waals surface area contributed by atoms with E-state index in [0.29, 0.717) is 0 Å². The lowest BCUT2D eigenvalue weighted by Crippen LogP contribution is -2.25. The molecule has 0 heterocycles. The SMILES string of the molecule is C=C[C@H]1CC[C@H](C=CCC[C@H]2CC[C@H]([C@H]3CC[C@H](CCCC)CC3)CC2)CC1. The van der Waals surface area contributed by atoms with Gasteiger partial charge in [-0.15, -0.1) is 6.58 Å². The van der Waals surface area contributed by atoms with Crippen molar-refractivity contribution in [1.29, 1.82) is 0 Å². The van der Waals surface area contributed by atoms with Crippen LogP contribution in [0.4, 0.5) is 0 Å². The number of allylic oxidation sites excluding steroid dienone is 3. The lowest BCUT2D eigenvalue weighted by atomic mass is 9.68. The van der Waals surface area contributed by atoms with Gasteiger partial charge in [0.2, 0.25) is 0 Å². The summed E-state index contributed by atoms with van der Waals surface area (Å²) >= 11 is 0. The standard InChI is InChI=1S/C28H48/c1-3-5-8-24-15-19-27(20-16-24)28-21-17-26(18-22-28)10-7-6-9-25-13-11-23(4-2)12-14-25/h4,6,9,23-28H,2-3,5,7-8,10-22H2,1H3/t23-,24-,25-,26-,27-,28-. The Morgan fingerprint density at radius 3 is 1.75 bits per heavy atom. The summed E-state index contributed by atoms with van der Waals surface area (Å²) in [6.45, 7) is 6.31. The molecule has 3 aliphatic rings. The molecule has 0 nitrogen and oxygen atoms in total. The zero-order valence-electron chi connectivity index (χ0n) is 18.9. The van der Waals surface area contributed by atoms with Crippen LogP contribution in [0.15, 0.2) is 24.8 Å². The summed E-state index contributed by atoms with van der Waals surface area (Å²) in [5.74, 6) is 5.93. The molecule has 3 fully saturated rings. The molecular weight excluding hydrogens is 336 g/mol. The fourth-order valence-electron chi connectivity index (χ4n) is 6.58. The molecule has 0 unspecified atom stereocenters. The molecule has 0 atom stereocenters. The molecule has 28 heavy (non-hydrogen) atoms. The average molecular weight is 385 g/mol. The minimum atomic E-state index is 0.797. The summed E-state index contributed by atoms with van der Waals surface area (Å²) in [7, 11) is 0. The van der Waals surface area contributed by atoms with E-state index in [0.717, 1.165) is 35.5 Å². The largest absolute Gasteiger partial charge is 0.103 e. The monoisotopic (exact) mass is 384 g/mol. The molecule has 0 aliphatic heterocycles. The molecule has 0 aromatic heterocycles. The zero-order chi connectivity index (χ0) is 19.6. The van der Waals surface area contributed by atoms with E-state index in [1.165, 1.54) is 70.6 Å². The maximum atomic E-state index is 3.97. The first-order chi connectivity index (χ1) is 13.8. The Balaban J connectivity index is 1.26. The highest BCUT2D eigenvalue weighted by atomic mass is 14.4. The van der Waals surface area contributed by atoms with E-state index in [1.807, 2.05) is 0 Å². The third-order valence-corrected chi connectivity index (χ3v) is 8.72. The van der Waals surface area contributed by atoms with Gasteiger partial charge in [0.05, 0.1) is 0 Å². The van der Waals surface area contributed by atoms with E-state index in [-0.39, 0.29) is 0 Å². The highest BCUT2D eigenvalue weighted by Gasteiger charge is 2.30. The number of unbranched alkanes of at least 4 members (excludes halogenated alkanes) is 1. The molecule has 160 valence electrons.